The molecule has 1 saturated heterocycles. The molecule has 5 nitrogen and oxygen atoms in total. The molecule has 0 saturated carbocycles. The maximum atomic E-state index is 12.6. The first-order chi connectivity index (χ1) is 13.1. The fourth-order valence-electron chi connectivity index (χ4n) is 3.49. The molecule has 2 amide bonds. The Kier molecular flexibility index (Phi) is 7.10. The fraction of sp³-hybridized carbons (Fsp3) is 0.524. The number of carbonyl (C=O) groups is 1. The lowest BCUT2D eigenvalue weighted by atomic mass is 9.89. The lowest BCUT2D eigenvalue weighted by Gasteiger charge is -2.33. The summed E-state index contributed by atoms with van der Waals surface area (Å²) in [5.74, 6) is 0.971. The fourth-order valence-corrected chi connectivity index (χ4v) is 4.09. The second-order valence-corrected chi connectivity index (χ2v) is 8.52. The van der Waals surface area contributed by atoms with Crippen LogP contribution in [0.3, 0.4) is 0 Å². The van der Waals surface area contributed by atoms with E-state index in [0.29, 0.717) is 17.9 Å². The van der Waals surface area contributed by atoms with Gasteiger partial charge in [-0.2, -0.15) is 0 Å². The normalized spacial score (nSPS) is 16.3. The van der Waals surface area contributed by atoms with Gasteiger partial charge in [0.1, 0.15) is 0 Å². The number of rotatable bonds is 7. The van der Waals surface area contributed by atoms with E-state index < -0.39 is 0 Å². The van der Waals surface area contributed by atoms with Crippen molar-refractivity contribution in [2.75, 3.05) is 25.0 Å². The molecule has 1 atom stereocenters. The quantitative estimate of drug-likeness (QED) is 0.748. The van der Waals surface area contributed by atoms with Crippen molar-refractivity contribution in [1.29, 1.82) is 0 Å². The van der Waals surface area contributed by atoms with Crippen molar-refractivity contribution in [2.45, 2.75) is 39.2 Å². The predicted octanol–water partition coefficient (Wildman–Crippen LogP) is 4.24. The smallest absolute Gasteiger partial charge is 0.317 e. The standard InChI is InChI=1S/C21H30N4OS/c1-16(2)18(14-17-6-4-3-5-7-17)15-23-21(26)25-11-8-19(9-12-25)24-20-22-10-13-27-20/h3-7,10,13,16,18-19H,8-9,11-12,14-15H2,1-2H3,(H,22,24)(H,23,26)/t18-/m1/s1. The summed E-state index contributed by atoms with van der Waals surface area (Å²) in [4.78, 5) is 18.8. The third-order valence-corrected chi connectivity index (χ3v) is 6.05. The van der Waals surface area contributed by atoms with Crippen molar-refractivity contribution in [3.8, 4) is 0 Å². The van der Waals surface area contributed by atoms with Gasteiger partial charge in [0.05, 0.1) is 0 Å². The zero-order chi connectivity index (χ0) is 19.1. The lowest BCUT2D eigenvalue weighted by Crippen LogP contribution is -2.48. The summed E-state index contributed by atoms with van der Waals surface area (Å²) in [5.41, 5.74) is 1.33. The minimum Gasteiger partial charge on any atom is -0.359 e. The molecule has 6 heteroatoms. The zero-order valence-electron chi connectivity index (χ0n) is 16.2. The largest absolute Gasteiger partial charge is 0.359 e. The van der Waals surface area contributed by atoms with E-state index in [0.717, 1.165) is 44.0 Å². The molecule has 2 aromatic rings. The number of carbonyl (C=O) groups excluding carboxylic acids is 1. The van der Waals surface area contributed by atoms with Crippen LogP contribution in [-0.4, -0.2) is 41.6 Å². The Bertz CT molecular complexity index is 681. The van der Waals surface area contributed by atoms with E-state index in [1.807, 2.05) is 22.5 Å². The van der Waals surface area contributed by atoms with Crippen molar-refractivity contribution in [3.63, 3.8) is 0 Å². The van der Waals surface area contributed by atoms with Crippen LogP contribution in [0.15, 0.2) is 41.9 Å². The summed E-state index contributed by atoms with van der Waals surface area (Å²) in [5, 5.41) is 9.58. The van der Waals surface area contributed by atoms with Crippen LogP contribution in [0.25, 0.3) is 0 Å². The Morgan fingerprint density at radius 2 is 2.00 bits per heavy atom. The molecule has 1 aliphatic heterocycles. The van der Waals surface area contributed by atoms with E-state index in [9.17, 15) is 4.79 Å². The molecular weight excluding hydrogens is 356 g/mol. The van der Waals surface area contributed by atoms with E-state index >= 15 is 0 Å². The number of benzene rings is 1. The number of hydrogen-bond acceptors (Lipinski definition) is 4. The molecule has 0 radical (unpaired) electrons. The minimum atomic E-state index is 0.0708. The van der Waals surface area contributed by atoms with Crippen molar-refractivity contribution >= 4 is 22.5 Å². The summed E-state index contributed by atoms with van der Waals surface area (Å²) in [6.45, 7) is 6.77. The Morgan fingerprint density at radius 1 is 1.26 bits per heavy atom. The second-order valence-electron chi connectivity index (χ2n) is 7.62. The van der Waals surface area contributed by atoms with Crippen LogP contribution >= 0.6 is 11.3 Å². The Morgan fingerprint density at radius 3 is 2.63 bits per heavy atom. The average molecular weight is 387 g/mol. The minimum absolute atomic E-state index is 0.0708. The summed E-state index contributed by atoms with van der Waals surface area (Å²) in [6, 6.07) is 11.0. The number of urea groups is 1. The van der Waals surface area contributed by atoms with Crippen LogP contribution in [-0.2, 0) is 6.42 Å². The molecule has 0 aliphatic carbocycles. The van der Waals surface area contributed by atoms with Crippen LogP contribution in [0.1, 0.15) is 32.3 Å². The first kappa shape index (κ1) is 19.7. The van der Waals surface area contributed by atoms with E-state index in [2.05, 4.69) is 53.7 Å². The zero-order valence-corrected chi connectivity index (χ0v) is 17.0. The van der Waals surface area contributed by atoms with Crippen LogP contribution in [0.2, 0.25) is 0 Å². The van der Waals surface area contributed by atoms with Crippen molar-refractivity contribution in [2.24, 2.45) is 11.8 Å². The number of anilines is 1. The van der Waals surface area contributed by atoms with Gasteiger partial charge in [0.2, 0.25) is 0 Å². The number of thiazole rings is 1. The van der Waals surface area contributed by atoms with Gasteiger partial charge in [0.25, 0.3) is 0 Å². The second kappa shape index (κ2) is 9.74. The first-order valence-corrected chi connectivity index (χ1v) is 10.7. The molecule has 1 fully saturated rings. The van der Waals surface area contributed by atoms with Crippen LogP contribution < -0.4 is 10.6 Å². The highest BCUT2D eigenvalue weighted by atomic mass is 32.1. The summed E-state index contributed by atoms with van der Waals surface area (Å²) >= 11 is 1.62. The molecule has 1 aliphatic rings. The highest BCUT2D eigenvalue weighted by Crippen LogP contribution is 2.19. The monoisotopic (exact) mass is 386 g/mol. The third-order valence-electron chi connectivity index (χ3n) is 5.34. The Hall–Kier alpha value is -2.08. The van der Waals surface area contributed by atoms with Gasteiger partial charge in [0.15, 0.2) is 5.13 Å². The molecule has 0 unspecified atom stereocenters. The van der Waals surface area contributed by atoms with E-state index in [-0.39, 0.29) is 6.03 Å². The Balaban J connectivity index is 1.43. The van der Waals surface area contributed by atoms with Gasteiger partial charge < -0.3 is 15.5 Å². The molecule has 2 heterocycles. The molecule has 146 valence electrons. The van der Waals surface area contributed by atoms with Gasteiger partial charge in [-0.05, 0) is 36.7 Å². The average Bonchev–Trinajstić information content (AvgIpc) is 3.19. The van der Waals surface area contributed by atoms with Crippen molar-refractivity contribution < 1.29 is 4.79 Å². The van der Waals surface area contributed by atoms with Gasteiger partial charge in [-0.25, -0.2) is 9.78 Å². The van der Waals surface area contributed by atoms with E-state index in [1.165, 1.54) is 5.56 Å². The predicted molar refractivity (Wildman–Crippen MR) is 112 cm³/mol. The molecular formula is C21H30N4OS. The van der Waals surface area contributed by atoms with Gasteiger partial charge >= 0.3 is 6.03 Å². The number of hydrogen-bond donors (Lipinski definition) is 2. The maximum Gasteiger partial charge on any atom is 0.317 e. The molecule has 0 bridgehead atoms. The van der Waals surface area contributed by atoms with Crippen LogP contribution in [0.5, 0.6) is 0 Å². The van der Waals surface area contributed by atoms with Gasteiger partial charge in [-0.3, -0.25) is 0 Å². The number of likely N-dealkylation sites (tertiary alicyclic amines) is 1. The molecule has 27 heavy (non-hydrogen) atoms. The van der Waals surface area contributed by atoms with E-state index in [4.69, 9.17) is 0 Å². The summed E-state index contributed by atoms with van der Waals surface area (Å²) in [6.07, 6.45) is 4.74. The topological polar surface area (TPSA) is 57.3 Å². The summed E-state index contributed by atoms with van der Waals surface area (Å²) < 4.78 is 0. The number of piperidine rings is 1. The Labute approximate surface area is 166 Å². The van der Waals surface area contributed by atoms with Gasteiger partial charge in [-0.1, -0.05) is 44.2 Å². The maximum absolute atomic E-state index is 12.6. The molecule has 1 aromatic heterocycles. The van der Waals surface area contributed by atoms with E-state index in [1.54, 1.807) is 11.3 Å². The van der Waals surface area contributed by atoms with Crippen molar-refractivity contribution in [1.82, 2.24) is 15.2 Å². The van der Waals surface area contributed by atoms with Gasteiger partial charge in [-0.15, -0.1) is 11.3 Å². The SMILES string of the molecule is CC(C)[C@@H](CNC(=O)N1CCC(Nc2nccs2)CC1)Cc1ccccc1. The molecule has 2 N–H and O–H groups in total. The summed E-state index contributed by atoms with van der Waals surface area (Å²) in [7, 11) is 0. The highest BCUT2D eigenvalue weighted by Gasteiger charge is 2.24. The molecule has 3 rings (SSSR count). The number of amides is 2. The number of nitrogens with one attached hydrogen (secondary N) is 2. The molecule has 1 aromatic carbocycles. The first-order valence-electron chi connectivity index (χ1n) is 9.84. The lowest BCUT2D eigenvalue weighted by molar-refractivity contribution is 0.180. The number of aromatic nitrogens is 1. The third kappa shape index (κ3) is 5.96. The number of nitrogens with zero attached hydrogens (tertiary/aromatic N) is 2. The highest BCUT2D eigenvalue weighted by molar-refractivity contribution is 7.13. The van der Waals surface area contributed by atoms with Crippen LogP contribution in [0, 0.1) is 11.8 Å². The van der Waals surface area contributed by atoms with Crippen molar-refractivity contribution in [3.05, 3.63) is 47.5 Å². The van der Waals surface area contributed by atoms with Crippen LogP contribution in [0.4, 0.5) is 9.93 Å². The van der Waals surface area contributed by atoms with Gasteiger partial charge in [0, 0.05) is 37.3 Å². The molecule has 0 spiro atoms.